The van der Waals surface area contributed by atoms with Gasteiger partial charge in [-0.3, -0.25) is 4.79 Å². The molecule has 1 heterocycles. The van der Waals surface area contributed by atoms with E-state index >= 15 is 0 Å². The van der Waals surface area contributed by atoms with Gasteiger partial charge in [-0.2, -0.15) is 5.26 Å². The van der Waals surface area contributed by atoms with E-state index in [1.807, 2.05) is 6.07 Å². The van der Waals surface area contributed by atoms with Crippen molar-refractivity contribution < 1.29 is 24.2 Å². The minimum absolute atomic E-state index is 0.183. The Bertz CT molecular complexity index is 500. The molecule has 0 aliphatic carbocycles. The number of nitrogens with zero attached hydrogens (tertiary/aromatic N) is 3. The van der Waals surface area contributed by atoms with Crippen molar-refractivity contribution in [3.8, 4) is 6.07 Å². The lowest BCUT2D eigenvalue weighted by Gasteiger charge is -2.35. The van der Waals surface area contributed by atoms with E-state index in [9.17, 15) is 14.4 Å². The number of hydrogen-bond acceptors (Lipinski definition) is 5. The van der Waals surface area contributed by atoms with E-state index in [0.717, 1.165) is 0 Å². The highest BCUT2D eigenvalue weighted by molar-refractivity contribution is 5.86. The molecule has 9 heteroatoms. The molecule has 0 bridgehead atoms. The molecule has 2 N–H and O–H groups in total. The molecule has 0 radical (unpaired) electrons. The molecule has 0 saturated carbocycles. The van der Waals surface area contributed by atoms with Gasteiger partial charge in [0.1, 0.15) is 11.6 Å². The normalized spacial score (nSPS) is 16.3. The van der Waals surface area contributed by atoms with Gasteiger partial charge in [-0.15, -0.1) is 0 Å². The molecule has 128 valence electrons. The van der Waals surface area contributed by atoms with Crippen molar-refractivity contribution in [1.29, 1.82) is 5.26 Å². The summed E-state index contributed by atoms with van der Waals surface area (Å²) in [6.07, 6.45) is -1.98. The Hall–Kier alpha value is -2.50. The van der Waals surface area contributed by atoms with Crippen LogP contribution in [-0.2, 0) is 9.53 Å². The van der Waals surface area contributed by atoms with Gasteiger partial charge in [0.2, 0.25) is 5.91 Å². The third-order valence-electron chi connectivity index (χ3n) is 3.15. The number of rotatable bonds is 3. The lowest BCUT2D eigenvalue weighted by Crippen LogP contribution is -2.56. The summed E-state index contributed by atoms with van der Waals surface area (Å²) in [7, 11) is 0. The van der Waals surface area contributed by atoms with E-state index in [-0.39, 0.29) is 32.6 Å². The Morgan fingerprint density at radius 3 is 2.17 bits per heavy atom. The van der Waals surface area contributed by atoms with Gasteiger partial charge < -0.3 is 25.0 Å². The average molecular weight is 326 g/mol. The quantitative estimate of drug-likeness (QED) is 0.783. The third-order valence-corrected chi connectivity index (χ3v) is 3.15. The summed E-state index contributed by atoms with van der Waals surface area (Å²) in [6, 6.07) is 0.853. The third kappa shape index (κ3) is 6.02. The van der Waals surface area contributed by atoms with E-state index in [1.54, 1.807) is 20.8 Å². The second kappa shape index (κ2) is 7.67. The zero-order valence-corrected chi connectivity index (χ0v) is 13.5. The number of amides is 3. The first-order chi connectivity index (χ1) is 10.6. The highest BCUT2D eigenvalue weighted by Crippen LogP contribution is 2.09. The smallest absolute Gasteiger partial charge is 0.408 e. The standard InChI is InChI=1S/C14H22N4O5/c1-14(2,3)23-12(20)16-10(4-5-15)11(19)17-6-8-18(9-7-17)13(21)22/h10H,4,6-9H2,1-3H3,(H,16,20)(H,21,22)/t10-/m0/s1. The van der Waals surface area contributed by atoms with Crippen LogP contribution in [0.15, 0.2) is 0 Å². The highest BCUT2D eigenvalue weighted by Gasteiger charge is 2.30. The second-order valence-corrected chi connectivity index (χ2v) is 6.16. The maximum absolute atomic E-state index is 12.4. The van der Waals surface area contributed by atoms with Crippen LogP contribution in [0.2, 0.25) is 0 Å². The summed E-state index contributed by atoms with van der Waals surface area (Å²) in [5, 5.41) is 20.1. The van der Waals surface area contributed by atoms with Gasteiger partial charge in [0, 0.05) is 26.2 Å². The van der Waals surface area contributed by atoms with Gasteiger partial charge in [0.15, 0.2) is 0 Å². The zero-order chi connectivity index (χ0) is 17.6. The molecule has 1 fully saturated rings. The summed E-state index contributed by atoms with van der Waals surface area (Å²) in [5.41, 5.74) is -0.711. The Morgan fingerprint density at radius 1 is 1.22 bits per heavy atom. The highest BCUT2D eigenvalue weighted by atomic mass is 16.6. The molecule has 3 amide bonds. The average Bonchev–Trinajstić information content (AvgIpc) is 2.44. The molecule has 23 heavy (non-hydrogen) atoms. The van der Waals surface area contributed by atoms with Gasteiger partial charge >= 0.3 is 12.2 Å². The van der Waals surface area contributed by atoms with Gasteiger partial charge in [-0.05, 0) is 20.8 Å². The first-order valence-corrected chi connectivity index (χ1v) is 7.27. The van der Waals surface area contributed by atoms with Crippen LogP contribution in [0, 0.1) is 11.3 Å². The van der Waals surface area contributed by atoms with E-state index in [2.05, 4.69) is 5.32 Å². The monoisotopic (exact) mass is 326 g/mol. The number of nitrogens with one attached hydrogen (secondary N) is 1. The fourth-order valence-electron chi connectivity index (χ4n) is 2.08. The van der Waals surface area contributed by atoms with Crippen molar-refractivity contribution in [3.63, 3.8) is 0 Å². The molecule has 1 saturated heterocycles. The molecule has 0 aromatic carbocycles. The number of hydrogen-bond donors (Lipinski definition) is 2. The maximum Gasteiger partial charge on any atom is 0.408 e. The number of nitriles is 1. The fourth-order valence-corrected chi connectivity index (χ4v) is 2.08. The predicted octanol–water partition coefficient (Wildman–Crippen LogP) is 0.616. The van der Waals surface area contributed by atoms with Crippen molar-refractivity contribution in [2.24, 2.45) is 0 Å². The van der Waals surface area contributed by atoms with E-state index in [1.165, 1.54) is 9.80 Å². The summed E-state index contributed by atoms with van der Waals surface area (Å²) in [5.74, 6) is -0.414. The molecule has 1 atom stereocenters. The number of carbonyl (C=O) groups is 3. The number of carbonyl (C=O) groups excluding carboxylic acids is 2. The molecular weight excluding hydrogens is 304 g/mol. The number of carboxylic acid groups (broad SMARTS) is 1. The molecule has 9 nitrogen and oxygen atoms in total. The summed E-state index contributed by atoms with van der Waals surface area (Å²) >= 11 is 0. The predicted molar refractivity (Wildman–Crippen MR) is 79.6 cm³/mol. The number of alkyl carbamates (subject to hydrolysis) is 1. The SMILES string of the molecule is CC(C)(C)OC(=O)N[C@@H](CC#N)C(=O)N1CCN(C(=O)O)CC1. The van der Waals surface area contributed by atoms with Crippen LogP contribution in [0.5, 0.6) is 0 Å². The lowest BCUT2D eigenvalue weighted by atomic mass is 10.1. The summed E-state index contributed by atoms with van der Waals surface area (Å²) in [6.45, 7) is 5.93. The zero-order valence-electron chi connectivity index (χ0n) is 13.5. The van der Waals surface area contributed by atoms with Crippen molar-refractivity contribution in [3.05, 3.63) is 0 Å². The minimum atomic E-state index is -1.03. The summed E-state index contributed by atoms with van der Waals surface area (Å²) in [4.78, 5) is 37.7. The molecule has 0 unspecified atom stereocenters. The van der Waals surface area contributed by atoms with Gasteiger partial charge in [-0.1, -0.05) is 0 Å². The molecule has 1 rings (SSSR count). The van der Waals surface area contributed by atoms with E-state index < -0.39 is 29.7 Å². The van der Waals surface area contributed by atoms with Crippen LogP contribution >= 0.6 is 0 Å². The van der Waals surface area contributed by atoms with Crippen molar-refractivity contribution >= 4 is 18.1 Å². The number of piperazine rings is 1. The largest absolute Gasteiger partial charge is 0.465 e. The summed E-state index contributed by atoms with van der Waals surface area (Å²) < 4.78 is 5.08. The Balaban J connectivity index is 2.63. The molecule has 1 aliphatic heterocycles. The molecular formula is C14H22N4O5. The van der Waals surface area contributed by atoms with Crippen molar-refractivity contribution in [2.45, 2.75) is 38.8 Å². The van der Waals surface area contributed by atoms with Crippen LogP contribution in [0.1, 0.15) is 27.2 Å². The van der Waals surface area contributed by atoms with Crippen molar-refractivity contribution in [1.82, 2.24) is 15.1 Å². The molecule has 0 aromatic heterocycles. The Morgan fingerprint density at radius 2 is 1.74 bits per heavy atom. The van der Waals surface area contributed by atoms with Crippen LogP contribution in [0.3, 0.4) is 0 Å². The fraction of sp³-hybridized carbons (Fsp3) is 0.714. The maximum atomic E-state index is 12.4. The Labute approximate surface area is 134 Å². The lowest BCUT2D eigenvalue weighted by molar-refractivity contribution is -0.134. The van der Waals surface area contributed by atoms with Gasteiger partial charge in [0.05, 0.1) is 12.5 Å². The molecule has 0 aromatic rings. The van der Waals surface area contributed by atoms with Crippen molar-refractivity contribution in [2.75, 3.05) is 26.2 Å². The van der Waals surface area contributed by atoms with E-state index in [4.69, 9.17) is 15.1 Å². The Kier molecular flexibility index (Phi) is 6.18. The molecule has 0 spiro atoms. The topological polar surface area (TPSA) is 123 Å². The van der Waals surface area contributed by atoms with Gasteiger partial charge in [-0.25, -0.2) is 9.59 Å². The first kappa shape index (κ1) is 18.5. The number of ether oxygens (including phenoxy) is 1. The van der Waals surface area contributed by atoms with Crippen LogP contribution in [-0.4, -0.2) is 70.8 Å². The van der Waals surface area contributed by atoms with Crippen LogP contribution < -0.4 is 5.32 Å². The second-order valence-electron chi connectivity index (χ2n) is 6.16. The van der Waals surface area contributed by atoms with E-state index in [0.29, 0.717) is 0 Å². The molecule has 1 aliphatic rings. The van der Waals surface area contributed by atoms with Gasteiger partial charge in [0.25, 0.3) is 0 Å². The van der Waals surface area contributed by atoms with Crippen LogP contribution in [0.4, 0.5) is 9.59 Å². The van der Waals surface area contributed by atoms with Crippen LogP contribution in [0.25, 0.3) is 0 Å². The first-order valence-electron chi connectivity index (χ1n) is 7.27. The minimum Gasteiger partial charge on any atom is -0.465 e.